The van der Waals surface area contributed by atoms with Gasteiger partial charge in [-0.2, -0.15) is 0 Å². The number of carbonyl (C=O) groups excluding carboxylic acids is 3. The van der Waals surface area contributed by atoms with Crippen molar-refractivity contribution in [2.24, 2.45) is 5.92 Å². The molecule has 1 aliphatic rings. The van der Waals surface area contributed by atoms with Gasteiger partial charge in [-0.05, 0) is 58.0 Å². The molecule has 0 unspecified atom stereocenters. The molecule has 8 heteroatoms. The van der Waals surface area contributed by atoms with Crippen LogP contribution in [0, 0.1) is 5.92 Å². The first-order valence-electron chi connectivity index (χ1n) is 14.6. The fourth-order valence-electron chi connectivity index (χ4n) is 5.87. The topological polar surface area (TPSA) is 96.4 Å². The maximum Gasteiger partial charge on any atom is 0.252 e. The summed E-state index contributed by atoms with van der Waals surface area (Å²) in [5.41, 5.74) is 3.98. The average molecular weight is 571 g/mol. The van der Waals surface area contributed by atoms with Gasteiger partial charge < -0.3 is 24.5 Å². The summed E-state index contributed by atoms with van der Waals surface area (Å²) >= 11 is 0. The van der Waals surface area contributed by atoms with Crippen molar-refractivity contribution in [1.29, 1.82) is 0 Å². The van der Waals surface area contributed by atoms with Gasteiger partial charge in [0.15, 0.2) is 12.6 Å². The lowest BCUT2D eigenvalue weighted by atomic mass is 9.93. The molecule has 42 heavy (non-hydrogen) atoms. The van der Waals surface area contributed by atoms with Crippen LogP contribution in [0.1, 0.15) is 53.6 Å². The number of amides is 1. The molecule has 2 heterocycles. The normalized spacial score (nSPS) is 14.1. The number of benzene rings is 2. The lowest BCUT2D eigenvalue weighted by Gasteiger charge is -2.11. The molecule has 4 aromatic rings. The predicted molar refractivity (Wildman–Crippen MR) is 170 cm³/mol. The van der Waals surface area contributed by atoms with Gasteiger partial charge >= 0.3 is 0 Å². The fraction of sp³-hybridized carbons (Fsp3) is 0.382. The summed E-state index contributed by atoms with van der Waals surface area (Å²) in [7, 11) is 7.41. The van der Waals surface area contributed by atoms with Crippen molar-refractivity contribution in [1.82, 2.24) is 19.8 Å². The average Bonchev–Trinajstić information content (AvgIpc) is 3.75. The number of likely N-dealkylation sites (N-methyl/N-ethyl adjacent to an activating group) is 1. The van der Waals surface area contributed by atoms with E-state index in [9.17, 15) is 14.4 Å². The van der Waals surface area contributed by atoms with E-state index in [0.717, 1.165) is 55.5 Å². The Kier molecular flexibility index (Phi) is 10.9. The Morgan fingerprint density at radius 2 is 1.81 bits per heavy atom. The van der Waals surface area contributed by atoms with Crippen LogP contribution in [0.4, 0.5) is 0 Å². The van der Waals surface area contributed by atoms with E-state index >= 15 is 0 Å². The van der Waals surface area contributed by atoms with Gasteiger partial charge in [-0.1, -0.05) is 43.2 Å². The maximum atomic E-state index is 13.1. The minimum Gasteiger partial charge on any atom is -0.384 e. The number of ether oxygens (including phenoxy) is 1. The zero-order chi connectivity index (χ0) is 30.1. The lowest BCUT2D eigenvalue weighted by molar-refractivity contribution is -0.115. The van der Waals surface area contributed by atoms with Crippen molar-refractivity contribution in [3.63, 3.8) is 0 Å². The second-order valence-electron chi connectivity index (χ2n) is 11.1. The van der Waals surface area contributed by atoms with Crippen molar-refractivity contribution in [2.75, 3.05) is 41.4 Å². The molecule has 8 nitrogen and oxygen atoms in total. The highest BCUT2D eigenvalue weighted by molar-refractivity contribution is 6.38. The van der Waals surface area contributed by atoms with Gasteiger partial charge in [0.1, 0.15) is 0 Å². The summed E-state index contributed by atoms with van der Waals surface area (Å²) in [4.78, 5) is 42.5. The number of carbonyl (C=O) groups is 3. The molecule has 1 fully saturated rings. The summed E-state index contributed by atoms with van der Waals surface area (Å²) in [6.07, 6.45) is 11.8. The van der Waals surface area contributed by atoms with Gasteiger partial charge in [0.2, 0.25) is 0 Å². The molecule has 0 spiro atoms. The van der Waals surface area contributed by atoms with Gasteiger partial charge in [-0.25, -0.2) is 0 Å². The van der Waals surface area contributed by atoms with Gasteiger partial charge in [0.05, 0.1) is 11.1 Å². The van der Waals surface area contributed by atoms with Crippen molar-refractivity contribution in [3.8, 4) is 0 Å². The number of nitrogens with one attached hydrogen (secondary N) is 2. The smallest absolute Gasteiger partial charge is 0.252 e. The third-order valence-electron chi connectivity index (χ3n) is 7.95. The largest absolute Gasteiger partial charge is 0.384 e. The van der Waals surface area contributed by atoms with Crippen LogP contribution in [-0.2, 0) is 20.9 Å². The van der Waals surface area contributed by atoms with Gasteiger partial charge in [-0.15, -0.1) is 0 Å². The third-order valence-corrected chi connectivity index (χ3v) is 7.95. The number of hydrogen-bond donors (Lipinski definition) is 2. The van der Waals surface area contributed by atoms with E-state index in [4.69, 9.17) is 4.74 Å². The first-order chi connectivity index (χ1) is 20.4. The van der Waals surface area contributed by atoms with E-state index in [1.54, 1.807) is 32.5 Å². The summed E-state index contributed by atoms with van der Waals surface area (Å²) in [5, 5.41) is 4.29. The number of aromatic amines is 1. The van der Waals surface area contributed by atoms with Crippen LogP contribution in [0.5, 0.6) is 0 Å². The summed E-state index contributed by atoms with van der Waals surface area (Å²) in [6.45, 7) is 2.71. The van der Waals surface area contributed by atoms with Crippen molar-refractivity contribution in [3.05, 3.63) is 71.5 Å². The Morgan fingerprint density at radius 3 is 2.48 bits per heavy atom. The van der Waals surface area contributed by atoms with Crippen molar-refractivity contribution < 1.29 is 19.1 Å². The van der Waals surface area contributed by atoms with E-state index in [2.05, 4.69) is 19.8 Å². The predicted octanol–water partition coefficient (Wildman–Crippen LogP) is 5.57. The zero-order valence-corrected chi connectivity index (χ0v) is 25.1. The quantitative estimate of drug-likeness (QED) is 0.182. The number of H-pyrrole nitrogens is 1. The van der Waals surface area contributed by atoms with Crippen LogP contribution < -0.4 is 5.32 Å². The fourth-order valence-corrected chi connectivity index (χ4v) is 5.87. The highest BCUT2D eigenvalue weighted by Gasteiger charge is 2.24. The summed E-state index contributed by atoms with van der Waals surface area (Å²) in [6, 6.07) is 13.2. The molecule has 1 amide bonds. The second kappa shape index (κ2) is 14.8. The first-order valence-corrected chi connectivity index (χ1v) is 14.6. The van der Waals surface area contributed by atoms with E-state index < -0.39 is 0 Å². The maximum absolute atomic E-state index is 13.1. The molecule has 0 radical (unpaired) electrons. The molecule has 2 N–H and O–H groups in total. The Labute approximate surface area is 247 Å². The molecule has 2 aromatic carbocycles. The van der Waals surface area contributed by atoms with E-state index in [1.807, 2.05) is 50.6 Å². The number of allylic oxidation sites excluding steroid dienone is 1. The molecule has 222 valence electrons. The van der Waals surface area contributed by atoms with E-state index in [1.165, 1.54) is 25.7 Å². The van der Waals surface area contributed by atoms with Gasteiger partial charge in [-0.3, -0.25) is 14.4 Å². The number of methoxy groups -OCH3 is 1. The molecule has 0 aliphatic heterocycles. The molecular weight excluding hydrogens is 528 g/mol. The number of nitrogens with zero attached hydrogens (tertiary/aromatic N) is 2. The van der Waals surface area contributed by atoms with Crippen molar-refractivity contribution in [2.45, 2.75) is 38.6 Å². The lowest BCUT2D eigenvalue weighted by Crippen LogP contribution is -2.20. The van der Waals surface area contributed by atoms with E-state index in [0.29, 0.717) is 33.2 Å². The minimum absolute atomic E-state index is 0.267. The number of aryl methyl sites for hydroxylation is 1. The molecule has 5 rings (SSSR count). The molecular formula is C34H42N4O4. The van der Waals surface area contributed by atoms with Gasteiger partial charge in [0.25, 0.3) is 5.91 Å². The van der Waals surface area contributed by atoms with Crippen LogP contribution in [0.25, 0.3) is 33.0 Å². The minimum atomic E-state index is -0.371. The number of aldehydes is 2. The first kappa shape index (κ1) is 30.9. The Morgan fingerprint density at radius 1 is 1.07 bits per heavy atom. The molecule has 1 saturated carbocycles. The second-order valence-corrected chi connectivity index (χ2v) is 11.1. The SMILES string of the molecule is CNC(=O)/C(=C(\C=O)c1cn(CCCN(C)C)c2ccccc12)c1c[nH]c2c(C=O)cccc12.COCC1CCCC1. The zero-order valence-electron chi connectivity index (χ0n) is 25.1. The molecule has 1 aliphatic carbocycles. The van der Waals surface area contributed by atoms with Crippen LogP contribution >= 0.6 is 0 Å². The standard InChI is InChI=1S/C27H28N4O3.C7H14O/c1-28-27(34)25(21-14-29-26-18(16-32)8-6-10-20(21)26)23(17-33)22-15-31(13-7-12-30(2)3)24-11-5-4-9-19(22)24;1-8-6-7-4-2-3-5-7/h4-6,8-11,14-17,29H,7,12-13H2,1-3H3,(H,28,34);7H,2-6H2,1H3/b25-23+;. The molecule has 0 atom stereocenters. The Bertz CT molecular complexity index is 1560. The summed E-state index contributed by atoms with van der Waals surface area (Å²) in [5.74, 6) is 0.518. The van der Waals surface area contributed by atoms with Crippen LogP contribution in [0.2, 0.25) is 0 Å². The van der Waals surface area contributed by atoms with Crippen LogP contribution in [0.15, 0.2) is 54.9 Å². The third kappa shape index (κ3) is 6.89. The van der Waals surface area contributed by atoms with Crippen molar-refractivity contribution >= 4 is 51.4 Å². The Hall–Kier alpha value is -4.01. The number of aromatic nitrogens is 2. The van der Waals surface area contributed by atoms with Gasteiger partial charge in [0, 0.05) is 78.3 Å². The molecule has 0 bridgehead atoms. The number of rotatable bonds is 11. The van der Waals surface area contributed by atoms with E-state index in [-0.39, 0.29) is 11.5 Å². The number of fused-ring (bicyclic) bond motifs is 2. The molecule has 2 aromatic heterocycles. The number of hydrogen-bond acceptors (Lipinski definition) is 5. The van der Waals surface area contributed by atoms with Crippen LogP contribution in [0.3, 0.4) is 0 Å². The van der Waals surface area contributed by atoms with Crippen LogP contribution in [-0.4, -0.2) is 74.3 Å². The molecule has 0 saturated heterocycles. The summed E-state index contributed by atoms with van der Waals surface area (Å²) < 4.78 is 7.16. The highest BCUT2D eigenvalue weighted by atomic mass is 16.5. The monoisotopic (exact) mass is 570 g/mol. The Balaban J connectivity index is 0.000000437. The number of para-hydroxylation sites is 2. The highest BCUT2D eigenvalue weighted by Crippen LogP contribution is 2.35.